The van der Waals surface area contributed by atoms with Gasteiger partial charge in [0.05, 0.1) is 13.7 Å². The Morgan fingerprint density at radius 1 is 1.19 bits per heavy atom. The maximum Gasteiger partial charge on any atom is 0.161 e. The lowest BCUT2D eigenvalue weighted by Crippen LogP contribution is -2.06. The van der Waals surface area contributed by atoms with Crippen molar-refractivity contribution in [2.24, 2.45) is 0 Å². The van der Waals surface area contributed by atoms with E-state index < -0.39 is 0 Å². The summed E-state index contributed by atoms with van der Waals surface area (Å²) in [6.45, 7) is 2.43. The Morgan fingerprint density at radius 3 is 2.50 bits per heavy atom. The van der Waals surface area contributed by atoms with Crippen LogP contribution in [0.5, 0.6) is 11.5 Å². The first kappa shape index (κ1) is 12.5. The first-order valence-electron chi connectivity index (χ1n) is 4.99. The van der Waals surface area contributed by atoms with E-state index in [4.69, 9.17) is 14.2 Å². The van der Waals surface area contributed by atoms with Gasteiger partial charge in [-0.05, 0) is 25.1 Å². The normalized spacial score (nSPS) is 9.94. The van der Waals surface area contributed by atoms with Crippen LogP contribution in [0.3, 0.4) is 0 Å². The van der Waals surface area contributed by atoms with E-state index in [0.717, 1.165) is 0 Å². The summed E-state index contributed by atoms with van der Waals surface area (Å²) in [6, 6.07) is 5.11. The van der Waals surface area contributed by atoms with Gasteiger partial charge in [0, 0.05) is 12.7 Å². The zero-order valence-corrected chi connectivity index (χ0v) is 9.78. The van der Waals surface area contributed by atoms with Gasteiger partial charge >= 0.3 is 0 Å². The van der Waals surface area contributed by atoms with E-state index in [0.29, 0.717) is 30.3 Å². The Kier molecular flexibility index (Phi) is 4.79. The molecular formula is C12H16O4. The zero-order chi connectivity index (χ0) is 12.0. The summed E-state index contributed by atoms with van der Waals surface area (Å²) in [5, 5.41) is 0. The molecule has 0 atom stereocenters. The summed E-state index contributed by atoms with van der Waals surface area (Å²) in [6.07, 6.45) is 0. The van der Waals surface area contributed by atoms with Gasteiger partial charge in [0.2, 0.25) is 0 Å². The molecule has 1 rings (SSSR count). The third-order valence-electron chi connectivity index (χ3n) is 2.12. The third kappa shape index (κ3) is 3.24. The minimum absolute atomic E-state index is 0.000699. The summed E-state index contributed by atoms with van der Waals surface area (Å²) in [5.74, 6) is 1.17. The lowest BCUT2D eigenvalue weighted by atomic mass is 10.1. The first-order valence-corrected chi connectivity index (χ1v) is 4.99. The number of ether oxygens (including phenoxy) is 3. The minimum Gasteiger partial charge on any atom is -0.493 e. The van der Waals surface area contributed by atoms with Gasteiger partial charge in [-0.2, -0.15) is 0 Å². The Labute approximate surface area is 95.1 Å². The van der Waals surface area contributed by atoms with Crippen LogP contribution in [0.4, 0.5) is 0 Å². The lowest BCUT2D eigenvalue weighted by Gasteiger charge is -2.11. The quantitative estimate of drug-likeness (QED) is 0.547. The van der Waals surface area contributed by atoms with Crippen molar-refractivity contribution in [1.29, 1.82) is 0 Å². The van der Waals surface area contributed by atoms with Crippen molar-refractivity contribution in [2.45, 2.75) is 6.92 Å². The second kappa shape index (κ2) is 6.12. The molecule has 0 aromatic heterocycles. The van der Waals surface area contributed by atoms with Crippen molar-refractivity contribution < 1.29 is 19.0 Å². The number of carbonyl (C=O) groups is 1. The summed E-state index contributed by atoms with van der Waals surface area (Å²) in [7, 11) is 3.17. The molecule has 0 saturated heterocycles. The summed E-state index contributed by atoms with van der Waals surface area (Å²) in [5.41, 5.74) is 0.605. The fraction of sp³-hybridized carbons (Fsp3) is 0.417. The molecule has 0 spiro atoms. The Hall–Kier alpha value is -1.55. The van der Waals surface area contributed by atoms with E-state index in [9.17, 15) is 4.79 Å². The number of carbonyl (C=O) groups excluding carboxylic acids is 1. The Bertz CT molecular complexity index is 360. The van der Waals surface area contributed by atoms with Crippen LogP contribution in [-0.4, -0.2) is 33.2 Å². The highest BCUT2D eigenvalue weighted by Gasteiger charge is 2.07. The van der Waals surface area contributed by atoms with E-state index in [-0.39, 0.29) is 5.78 Å². The molecule has 1 aromatic rings. The highest BCUT2D eigenvalue weighted by molar-refractivity contribution is 5.94. The molecule has 4 nitrogen and oxygen atoms in total. The monoisotopic (exact) mass is 224 g/mol. The second-order valence-electron chi connectivity index (χ2n) is 3.26. The molecule has 4 heteroatoms. The summed E-state index contributed by atoms with van der Waals surface area (Å²) < 4.78 is 15.5. The van der Waals surface area contributed by atoms with Gasteiger partial charge < -0.3 is 14.2 Å². The molecule has 0 aliphatic rings. The highest BCUT2D eigenvalue weighted by Crippen LogP contribution is 2.28. The molecule has 0 radical (unpaired) electrons. The van der Waals surface area contributed by atoms with Gasteiger partial charge in [0.15, 0.2) is 17.3 Å². The Morgan fingerprint density at radius 2 is 1.94 bits per heavy atom. The molecule has 0 unspecified atom stereocenters. The number of benzene rings is 1. The van der Waals surface area contributed by atoms with Crippen LogP contribution in [-0.2, 0) is 4.74 Å². The second-order valence-corrected chi connectivity index (χ2v) is 3.26. The van der Waals surface area contributed by atoms with E-state index in [1.807, 2.05) is 0 Å². The van der Waals surface area contributed by atoms with Gasteiger partial charge in [-0.15, -0.1) is 0 Å². The molecule has 0 heterocycles. The number of hydrogen-bond donors (Lipinski definition) is 0. The van der Waals surface area contributed by atoms with Crippen molar-refractivity contribution in [3.8, 4) is 11.5 Å². The maximum atomic E-state index is 11.2. The molecule has 0 aliphatic heterocycles. The van der Waals surface area contributed by atoms with Gasteiger partial charge in [-0.3, -0.25) is 4.79 Å². The van der Waals surface area contributed by atoms with Gasteiger partial charge in [-0.25, -0.2) is 0 Å². The van der Waals surface area contributed by atoms with Crippen molar-refractivity contribution >= 4 is 5.78 Å². The number of ketones is 1. The molecule has 0 amide bonds. The van der Waals surface area contributed by atoms with E-state index in [1.54, 1.807) is 32.4 Å². The van der Waals surface area contributed by atoms with Crippen LogP contribution in [0, 0.1) is 0 Å². The molecule has 88 valence electrons. The van der Waals surface area contributed by atoms with E-state index in [1.165, 1.54) is 6.92 Å². The van der Waals surface area contributed by atoms with Gasteiger partial charge in [0.25, 0.3) is 0 Å². The predicted octanol–water partition coefficient (Wildman–Crippen LogP) is 1.92. The van der Waals surface area contributed by atoms with Crippen molar-refractivity contribution in [1.82, 2.24) is 0 Å². The third-order valence-corrected chi connectivity index (χ3v) is 2.12. The molecule has 0 bridgehead atoms. The van der Waals surface area contributed by atoms with Crippen LogP contribution in [0.25, 0.3) is 0 Å². The van der Waals surface area contributed by atoms with Crippen LogP contribution in [0.1, 0.15) is 17.3 Å². The van der Waals surface area contributed by atoms with Crippen molar-refractivity contribution in [3.63, 3.8) is 0 Å². The number of Topliss-reactive ketones (excluding diaryl/α,β-unsaturated/α-hetero) is 1. The van der Waals surface area contributed by atoms with Crippen LogP contribution in [0.2, 0.25) is 0 Å². The highest BCUT2D eigenvalue weighted by atomic mass is 16.5. The first-order chi connectivity index (χ1) is 7.69. The SMILES string of the molecule is COCCOc1cc(C(C)=O)ccc1OC. The van der Waals surface area contributed by atoms with Crippen molar-refractivity contribution in [2.75, 3.05) is 27.4 Å². The predicted molar refractivity (Wildman–Crippen MR) is 60.4 cm³/mol. The lowest BCUT2D eigenvalue weighted by molar-refractivity contribution is 0.101. The number of rotatable bonds is 6. The maximum absolute atomic E-state index is 11.2. The fourth-order valence-corrected chi connectivity index (χ4v) is 1.24. The van der Waals surface area contributed by atoms with Crippen LogP contribution in [0.15, 0.2) is 18.2 Å². The van der Waals surface area contributed by atoms with E-state index >= 15 is 0 Å². The molecule has 16 heavy (non-hydrogen) atoms. The fourth-order valence-electron chi connectivity index (χ4n) is 1.24. The van der Waals surface area contributed by atoms with Crippen LogP contribution < -0.4 is 9.47 Å². The molecule has 0 aliphatic carbocycles. The van der Waals surface area contributed by atoms with Gasteiger partial charge in [-0.1, -0.05) is 0 Å². The average Bonchev–Trinajstić information content (AvgIpc) is 2.29. The average molecular weight is 224 g/mol. The summed E-state index contributed by atoms with van der Waals surface area (Å²) >= 11 is 0. The molecule has 0 saturated carbocycles. The molecule has 0 fully saturated rings. The molecule has 0 N–H and O–H groups in total. The van der Waals surface area contributed by atoms with Crippen LogP contribution >= 0.6 is 0 Å². The topological polar surface area (TPSA) is 44.8 Å². The number of hydrogen-bond acceptors (Lipinski definition) is 4. The Balaban J connectivity index is 2.84. The zero-order valence-electron chi connectivity index (χ0n) is 9.78. The van der Waals surface area contributed by atoms with Crippen molar-refractivity contribution in [3.05, 3.63) is 23.8 Å². The molecular weight excluding hydrogens is 208 g/mol. The standard InChI is InChI=1S/C12H16O4/c1-9(13)10-4-5-11(15-3)12(8-10)16-7-6-14-2/h4-5,8H,6-7H2,1-3H3. The van der Waals surface area contributed by atoms with Gasteiger partial charge in [0.1, 0.15) is 6.61 Å². The smallest absolute Gasteiger partial charge is 0.161 e. The largest absolute Gasteiger partial charge is 0.493 e. The number of methoxy groups -OCH3 is 2. The minimum atomic E-state index is -0.000699. The van der Waals surface area contributed by atoms with E-state index in [2.05, 4.69) is 0 Å². The summed E-state index contributed by atoms with van der Waals surface area (Å²) in [4.78, 5) is 11.2. The molecule has 1 aromatic carbocycles.